The molecule has 31 heavy (non-hydrogen) atoms. The molecule has 1 fully saturated rings. The lowest BCUT2D eigenvalue weighted by atomic mass is 9.93. The quantitative estimate of drug-likeness (QED) is 0.567. The summed E-state index contributed by atoms with van der Waals surface area (Å²) < 4.78 is 23.8. The van der Waals surface area contributed by atoms with Gasteiger partial charge < -0.3 is 14.2 Å². The van der Waals surface area contributed by atoms with Crippen LogP contribution in [-0.4, -0.2) is 41.1 Å². The monoisotopic (exact) mass is 423 g/mol. The fourth-order valence-corrected chi connectivity index (χ4v) is 4.00. The number of nitrogens with zero attached hydrogens (tertiary/aromatic N) is 3. The highest BCUT2D eigenvalue weighted by molar-refractivity contribution is 5.76. The summed E-state index contributed by atoms with van der Waals surface area (Å²) in [6.07, 6.45) is 3.67. The third-order valence-corrected chi connectivity index (χ3v) is 5.80. The Bertz CT molecular complexity index is 1010. The van der Waals surface area contributed by atoms with E-state index < -0.39 is 0 Å². The van der Waals surface area contributed by atoms with Crippen molar-refractivity contribution in [2.24, 2.45) is 5.92 Å². The van der Waals surface area contributed by atoms with Gasteiger partial charge in [-0.25, -0.2) is 4.39 Å². The fourth-order valence-electron chi connectivity index (χ4n) is 4.00. The smallest absolute Gasteiger partial charge is 0.227 e. The summed E-state index contributed by atoms with van der Waals surface area (Å²) >= 11 is 0. The lowest BCUT2D eigenvalue weighted by molar-refractivity contribution is -0.132. The molecule has 1 saturated heterocycles. The molecule has 0 atom stereocenters. The van der Waals surface area contributed by atoms with Crippen LogP contribution < -0.4 is 4.74 Å². The highest BCUT2D eigenvalue weighted by Crippen LogP contribution is 2.24. The van der Waals surface area contributed by atoms with E-state index in [9.17, 15) is 9.18 Å². The van der Waals surface area contributed by atoms with Crippen LogP contribution in [0, 0.1) is 11.7 Å². The number of aryl methyl sites for hydroxylation is 1. The van der Waals surface area contributed by atoms with Crippen LogP contribution in [0.15, 0.2) is 53.1 Å². The largest absolute Gasteiger partial charge is 0.496 e. The first-order valence-corrected chi connectivity index (χ1v) is 10.6. The molecule has 0 radical (unpaired) electrons. The van der Waals surface area contributed by atoms with Crippen LogP contribution in [0.5, 0.6) is 5.75 Å². The van der Waals surface area contributed by atoms with Crippen molar-refractivity contribution in [3.63, 3.8) is 0 Å². The molecule has 1 amide bonds. The molecule has 6 nitrogen and oxygen atoms in total. The minimum Gasteiger partial charge on any atom is -0.496 e. The Morgan fingerprint density at radius 3 is 2.65 bits per heavy atom. The molecule has 0 spiro atoms. The third-order valence-electron chi connectivity index (χ3n) is 5.80. The zero-order chi connectivity index (χ0) is 21.6. The Hall–Kier alpha value is -3.22. The Kier molecular flexibility index (Phi) is 6.60. The van der Waals surface area contributed by atoms with E-state index in [1.807, 2.05) is 29.2 Å². The molecule has 1 aromatic heterocycles. The minimum atomic E-state index is -0.295. The van der Waals surface area contributed by atoms with Crippen LogP contribution in [0.3, 0.4) is 0 Å². The number of halogens is 1. The van der Waals surface area contributed by atoms with Gasteiger partial charge in [0.15, 0.2) is 0 Å². The van der Waals surface area contributed by atoms with Crippen molar-refractivity contribution in [2.75, 3.05) is 20.2 Å². The number of methoxy groups -OCH3 is 1. The van der Waals surface area contributed by atoms with Crippen LogP contribution >= 0.6 is 0 Å². The van der Waals surface area contributed by atoms with Gasteiger partial charge in [0.05, 0.1) is 7.11 Å². The maximum absolute atomic E-state index is 13.1. The maximum atomic E-state index is 13.1. The van der Waals surface area contributed by atoms with Crippen molar-refractivity contribution < 1.29 is 18.4 Å². The highest BCUT2D eigenvalue weighted by atomic mass is 19.1. The second-order valence-corrected chi connectivity index (χ2v) is 7.86. The topological polar surface area (TPSA) is 68.5 Å². The summed E-state index contributed by atoms with van der Waals surface area (Å²) in [4.78, 5) is 19.0. The van der Waals surface area contributed by atoms with E-state index in [0.29, 0.717) is 36.9 Å². The average Bonchev–Trinajstić information content (AvgIpc) is 3.27. The summed E-state index contributed by atoms with van der Waals surface area (Å²) in [7, 11) is 1.65. The van der Waals surface area contributed by atoms with Crippen molar-refractivity contribution in [3.8, 4) is 17.1 Å². The zero-order valence-electron chi connectivity index (χ0n) is 17.6. The van der Waals surface area contributed by atoms with Crippen LogP contribution in [0.1, 0.15) is 30.7 Å². The number of amides is 1. The van der Waals surface area contributed by atoms with E-state index in [2.05, 4.69) is 10.1 Å². The molecule has 4 rings (SSSR count). The molecule has 3 aromatic rings. The van der Waals surface area contributed by atoms with Gasteiger partial charge in [-0.2, -0.15) is 4.98 Å². The van der Waals surface area contributed by atoms with Crippen molar-refractivity contribution in [3.05, 3.63) is 65.8 Å². The van der Waals surface area contributed by atoms with E-state index in [-0.39, 0.29) is 11.7 Å². The molecular formula is C24H26FN3O3. The van der Waals surface area contributed by atoms with Gasteiger partial charge in [-0.05, 0) is 61.1 Å². The molecule has 0 saturated carbocycles. The number of carbonyl (C=O) groups is 1. The van der Waals surface area contributed by atoms with Gasteiger partial charge in [0.25, 0.3) is 0 Å². The second-order valence-electron chi connectivity index (χ2n) is 7.86. The maximum Gasteiger partial charge on any atom is 0.227 e. The number of rotatable bonds is 7. The predicted molar refractivity (Wildman–Crippen MR) is 114 cm³/mol. The number of benzene rings is 2. The Morgan fingerprint density at radius 1 is 1.16 bits per heavy atom. The van der Waals surface area contributed by atoms with Gasteiger partial charge in [-0.1, -0.05) is 23.4 Å². The number of piperidine rings is 1. The number of likely N-dealkylation sites (tertiary alicyclic amines) is 1. The molecule has 0 aliphatic carbocycles. The zero-order valence-corrected chi connectivity index (χ0v) is 17.6. The number of ether oxygens (including phenoxy) is 1. The molecule has 0 unspecified atom stereocenters. The van der Waals surface area contributed by atoms with Gasteiger partial charge in [0, 0.05) is 31.5 Å². The third kappa shape index (κ3) is 5.29. The SMILES string of the molecule is COc1ccccc1CCC(=O)N1CCC(Cc2nc(-c3ccc(F)cc3)no2)CC1. The van der Waals surface area contributed by atoms with Crippen LogP contribution in [0.4, 0.5) is 4.39 Å². The molecular weight excluding hydrogens is 397 g/mol. The minimum absolute atomic E-state index is 0.181. The number of hydrogen-bond acceptors (Lipinski definition) is 5. The summed E-state index contributed by atoms with van der Waals surface area (Å²) in [5, 5.41) is 4.01. The van der Waals surface area contributed by atoms with E-state index >= 15 is 0 Å². The standard InChI is InChI=1S/C24H26FN3O3/c1-30-21-5-3-2-4-18(21)8-11-23(29)28-14-12-17(13-15-28)16-22-26-24(27-31-22)19-6-9-20(25)10-7-19/h2-7,9-10,17H,8,11-16H2,1H3. The van der Waals surface area contributed by atoms with Gasteiger partial charge in [0.1, 0.15) is 11.6 Å². The van der Waals surface area contributed by atoms with Gasteiger partial charge >= 0.3 is 0 Å². The molecule has 2 heterocycles. The predicted octanol–water partition coefficient (Wildman–Crippen LogP) is 4.30. The number of hydrogen-bond donors (Lipinski definition) is 0. The van der Waals surface area contributed by atoms with Gasteiger partial charge in [0.2, 0.25) is 17.6 Å². The van der Waals surface area contributed by atoms with Crippen molar-refractivity contribution in [1.29, 1.82) is 0 Å². The highest BCUT2D eigenvalue weighted by Gasteiger charge is 2.24. The Labute approximate surface area is 181 Å². The molecule has 7 heteroatoms. The molecule has 162 valence electrons. The molecule has 0 bridgehead atoms. The second kappa shape index (κ2) is 9.73. The van der Waals surface area contributed by atoms with Gasteiger partial charge in [-0.15, -0.1) is 0 Å². The normalized spacial score (nSPS) is 14.6. The first-order chi connectivity index (χ1) is 15.1. The van der Waals surface area contributed by atoms with E-state index in [1.165, 1.54) is 12.1 Å². The molecule has 1 aliphatic rings. The fraction of sp³-hybridized carbons (Fsp3) is 0.375. The van der Waals surface area contributed by atoms with Crippen LogP contribution in [-0.2, 0) is 17.6 Å². The Balaban J connectivity index is 1.25. The first kappa shape index (κ1) is 21.0. The van der Waals surface area contributed by atoms with Crippen molar-refractivity contribution >= 4 is 5.91 Å². The summed E-state index contributed by atoms with van der Waals surface area (Å²) in [5.74, 6) is 2.17. The van der Waals surface area contributed by atoms with Crippen molar-refractivity contribution in [1.82, 2.24) is 15.0 Å². The average molecular weight is 423 g/mol. The summed E-state index contributed by atoms with van der Waals surface area (Å²) in [6.45, 7) is 1.49. The molecule has 1 aliphatic heterocycles. The van der Waals surface area contributed by atoms with E-state index in [4.69, 9.17) is 9.26 Å². The summed E-state index contributed by atoms with van der Waals surface area (Å²) in [5.41, 5.74) is 1.79. The lowest BCUT2D eigenvalue weighted by Gasteiger charge is -2.31. The van der Waals surface area contributed by atoms with E-state index in [0.717, 1.165) is 42.8 Å². The first-order valence-electron chi connectivity index (χ1n) is 10.6. The number of carbonyl (C=O) groups excluding carboxylic acids is 1. The van der Waals surface area contributed by atoms with Crippen LogP contribution in [0.2, 0.25) is 0 Å². The van der Waals surface area contributed by atoms with Crippen LogP contribution in [0.25, 0.3) is 11.4 Å². The molecule has 0 N–H and O–H groups in total. The lowest BCUT2D eigenvalue weighted by Crippen LogP contribution is -2.39. The number of aromatic nitrogens is 2. The van der Waals surface area contributed by atoms with Crippen molar-refractivity contribution in [2.45, 2.75) is 32.1 Å². The van der Waals surface area contributed by atoms with Gasteiger partial charge in [-0.3, -0.25) is 4.79 Å². The van der Waals surface area contributed by atoms with E-state index in [1.54, 1.807) is 19.2 Å². The summed E-state index contributed by atoms with van der Waals surface area (Å²) in [6, 6.07) is 13.9. The molecule has 2 aromatic carbocycles. The number of para-hydroxylation sites is 1. The Morgan fingerprint density at radius 2 is 1.90 bits per heavy atom.